The van der Waals surface area contributed by atoms with Crippen molar-refractivity contribution in [1.82, 2.24) is 9.80 Å². The zero-order chi connectivity index (χ0) is 18.8. The molecule has 0 radical (unpaired) electrons. The summed E-state index contributed by atoms with van der Waals surface area (Å²) in [6.45, 7) is 4.89. The van der Waals surface area contributed by atoms with Gasteiger partial charge in [-0.05, 0) is 50.3 Å². The van der Waals surface area contributed by atoms with E-state index in [1.165, 1.54) is 0 Å². The van der Waals surface area contributed by atoms with Crippen molar-refractivity contribution in [3.05, 3.63) is 23.8 Å². The highest BCUT2D eigenvalue weighted by Gasteiger charge is 2.33. The van der Waals surface area contributed by atoms with Crippen LogP contribution in [-0.4, -0.2) is 54.8 Å². The first-order valence-electron chi connectivity index (χ1n) is 9.76. The first kappa shape index (κ1) is 17.9. The van der Waals surface area contributed by atoms with E-state index in [0.717, 1.165) is 50.9 Å². The normalized spacial score (nSPS) is 22.6. The number of ether oxygens (including phenoxy) is 3. The largest absolute Gasteiger partial charge is 0.458 e. The van der Waals surface area contributed by atoms with E-state index >= 15 is 0 Å². The molecule has 1 aromatic carbocycles. The van der Waals surface area contributed by atoms with E-state index in [4.69, 9.17) is 14.2 Å². The Morgan fingerprint density at radius 3 is 2.63 bits per heavy atom. The zero-order valence-corrected chi connectivity index (χ0v) is 15.7. The van der Waals surface area contributed by atoms with E-state index in [1.54, 1.807) is 0 Å². The average Bonchev–Trinajstić information content (AvgIpc) is 3.38. The molecule has 0 aliphatic carbocycles. The van der Waals surface area contributed by atoms with E-state index in [2.05, 4.69) is 0 Å². The molecule has 0 spiro atoms. The lowest BCUT2D eigenvalue weighted by atomic mass is 9.98. The number of nitrogens with zero attached hydrogens (tertiary/aromatic N) is 2. The number of hydrogen-bond donors (Lipinski definition) is 0. The summed E-state index contributed by atoms with van der Waals surface area (Å²) in [5, 5.41) is 0. The highest BCUT2D eigenvalue weighted by Crippen LogP contribution is 2.35. The Bertz CT molecular complexity index is 716. The quantitative estimate of drug-likeness (QED) is 0.761. The second kappa shape index (κ2) is 7.66. The Morgan fingerprint density at radius 1 is 1.07 bits per heavy atom. The fourth-order valence-corrected chi connectivity index (χ4v) is 3.96. The summed E-state index contributed by atoms with van der Waals surface area (Å²) >= 11 is 0. The number of urea groups is 1. The number of likely N-dealkylation sites (tertiary alicyclic amines) is 2. The van der Waals surface area contributed by atoms with Gasteiger partial charge in [-0.3, -0.25) is 4.79 Å². The highest BCUT2D eigenvalue weighted by molar-refractivity contribution is 5.77. The third-order valence-corrected chi connectivity index (χ3v) is 5.56. The van der Waals surface area contributed by atoms with Crippen LogP contribution in [0.2, 0.25) is 0 Å². The predicted octanol–water partition coefficient (Wildman–Crippen LogP) is 2.95. The smallest absolute Gasteiger partial charge is 0.320 e. The minimum Gasteiger partial charge on any atom is -0.458 e. The molecule has 3 aliphatic heterocycles. The van der Waals surface area contributed by atoms with Crippen molar-refractivity contribution in [2.75, 3.05) is 33.0 Å². The maximum absolute atomic E-state index is 12.7. The van der Waals surface area contributed by atoms with Crippen LogP contribution < -0.4 is 9.47 Å². The van der Waals surface area contributed by atoms with Crippen LogP contribution >= 0.6 is 0 Å². The van der Waals surface area contributed by atoms with Crippen molar-refractivity contribution in [3.63, 3.8) is 0 Å². The molecule has 2 saturated heterocycles. The van der Waals surface area contributed by atoms with E-state index < -0.39 is 0 Å². The van der Waals surface area contributed by atoms with Gasteiger partial charge in [-0.1, -0.05) is 6.07 Å². The Kier molecular flexibility index (Phi) is 5.09. The molecule has 0 unspecified atom stereocenters. The van der Waals surface area contributed by atoms with E-state index in [-0.39, 0.29) is 30.8 Å². The summed E-state index contributed by atoms with van der Waals surface area (Å²) in [7, 11) is 0. The topological polar surface area (TPSA) is 68.3 Å². The molecular weight excluding hydrogens is 348 g/mol. The number of piperidine rings is 1. The molecule has 1 aromatic rings. The number of rotatable bonds is 3. The molecule has 7 heteroatoms. The lowest BCUT2D eigenvalue weighted by molar-refractivity contribution is -0.155. The molecule has 0 saturated carbocycles. The van der Waals surface area contributed by atoms with Gasteiger partial charge in [0.05, 0.1) is 5.92 Å². The Balaban J connectivity index is 1.35. The SMILES string of the molecule is C[C@H](OC(=O)[C@H]1CCCN(C(=O)N2CCCC2)C1)c1ccc2c(c1)OCO2. The lowest BCUT2D eigenvalue weighted by Gasteiger charge is -2.34. The van der Waals surface area contributed by atoms with Gasteiger partial charge < -0.3 is 24.0 Å². The molecule has 27 heavy (non-hydrogen) atoms. The van der Waals surface area contributed by atoms with Crippen LogP contribution in [-0.2, 0) is 9.53 Å². The van der Waals surface area contributed by atoms with Gasteiger partial charge in [0.15, 0.2) is 11.5 Å². The first-order chi connectivity index (χ1) is 13.1. The van der Waals surface area contributed by atoms with Gasteiger partial charge in [-0.2, -0.15) is 0 Å². The molecule has 7 nitrogen and oxygen atoms in total. The number of fused-ring (bicyclic) bond motifs is 1. The number of carbonyl (C=O) groups excluding carboxylic acids is 2. The molecular formula is C20H26N2O5. The molecule has 3 aliphatic rings. The Morgan fingerprint density at radius 2 is 1.81 bits per heavy atom. The molecule has 4 rings (SSSR count). The fraction of sp³-hybridized carbons (Fsp3) is 0.600. The highest BCUT2D eigenvalue weighted by atomic mass is 16.7. The van der Waals surface area contributed by atoms with Crippen molar-refractivity contribution < 1.29 is 23.8 Å². The van der Waals surface area contributed by atoms with Gasteiger partial charge in [0.25, 0.3) is 0 Å². The number of amides is 2. The van der Waals surface area contributed by atoms with Crippen LogP contribution in [0.1, 0.15) is 44.3 Å². The molecule has 2 amide bonds. The fourth-order valence-electron chi connectivity index (χ4n) is 3.96. The van der Waals surface area contributed by atoms with E-state index in [0.29, 0.717) is 18.0 Å². The molecule has 2 fully saturated rings. The summed E-state index contributed by atoms with van der Waals surface area (Å²) in [4.78, 5) is 29.0. The van der Waals surface area contributed by atoms with Gasteiger partial charge >= 0.3 is 12.0 Å². The number of carbonyl (C=O) groups is 2. The summed E-state index contributed by atoms with van der Waals surface area (Å²) in [5.74, 6) is 0.886. The molecule has 2 atom stereocenters. The van der Waals surface area contributed by atoms with Crippen LogP contribution in [0.5, 0.6) is 11.5 Å². The number of benzene rings is 1. The summed E-state index contributed by atoms with van der Waals surface area (Å²) in [6, 6.07) is 5.63. The maximum atomic E-state index is 12.7. The van der Waals surface area contributed by atoms with Crippen LogP contribution in [0.4, 0.5) is 4.79 Å². The van der Waals surface area contributed by atoms with E-state index in [1.807, 2.05) is 34.9 Å². The zero-order valence-electron chi connectivity index (χ0n) is 15.7. The van der Waals surface area contributed by atoms with Gasteiger partial charge in [0.1, 0.15) is 6.10 Å². The van der Waals surface area contributed by atoms with Gasteiger partial charge in [-0.25, -0.2) is 4.79 Å². The Hall–Kier alpha value is -2.44. The van der Waals surface area contributed by atoms with Gasteiger partial charge in [-0.15, -0.1) is 0 Å². The van der Waals surface area contributed by atoms with Crippen LogP contribution in [0.15, 0.2) is 18.2 Å². The summed E-state index contributed by atoms with van der Waals surface area (Å²) in [5.41, 5.74) is 0.869. The van der Waals surface area contributed by atoms with Crippen LogP contribution in [0.25, 0.3) is 0 Å². The molecule has 3 heterocycles. The Labute approximate surface area is 159 Å². The average molecular weight is 374 g/mol. The maximum Gasteiger partial charge on any atom is 0.320 e. The predicted molar refractivity (Wildman–Crippen MR) is 97.6 cm³/mol. The van der Waals surface area contributed by atoms with Crippen molar-refractivity contribution in [2.45, 2.75) is 38.7 Å². The van der Waals surface area contributed by atoms with Crippen molar-refractivity contribution in [2.24, 2.45) is 5.92 Å². The van der Waals surface area contributed by atoms with Gasteiger partial charge in [0, 0.05) is 26.2 Å². The summed E-state index contributed by atoms with van der Waals surface area (Å²) < 4.78 is 16.4. The van der Waals surface area contributed by atoms with Gasteiger partial charge in [0.2, 0.25) is 6.79 Å². The van der Waals surface area contributed by atoms with Crippen molar-refractivity contribution >= 4 is 12.0 Å². The van der Waals surface area contributed by atoms with Crippen molar-refractivity contribution in [3.8, 4) is 11.5 Å². The van der Waals surface area contributed by atoms with Crippen molar-refractivity contribution in [1.29, 1.82) is 0 Å². The molecule has 146 valence electrons. The molecule has 0 bridgehead atoms. The van der Waals surface area contributed by atoms with Crippen LogP contribution in [0, 0.1) is 5.92 Å². The third-order valence-electron chi connectivity index (χ3n) is 5.56. The number of hydrogen-bond acceptors (Lipinski definition) is 5. The minimum atomic E-state index is -0.378. The monoisotopic (exact) mass is 374 g/mol. The first-order valence-corrected chi connectivity index (χ1v) is 9.76. The van der Waals surface area contributed by atoms with E-state index in [9.17, 15) is 9.59 Å². The minimum absolute atomic E-state index is 0.0637. The number of esters is 1. The standard InChI is InChI=1S/C20H26N2O5/c1-14(15-6-7-17-18(11-15)26-13-25-17)27-19(23)16-5-4-10-22(12-16)20(24)21-8-2-3-9-21/h6-7,11,14,16H,2-5,8-10,12-13H2,1H3/t14-,16-/m0/s1. The summed E-state index contributed by atoms with van der Waals surface area (Å²) in [6.07, 6.45) is 3.35. The second-order valence-corrected chi connectivity index (χ2v) is 7.45. The molecule has 0 N–H and O–H groups in total. The van der Waals surface area contributed by atoms with Crippen LogP contribution in [0.3, 0.4) is 0 Å². The molecule has 0 aromatic heterocycles. The third kappa shape index (κ3) is 3.82. The second-order valence-electron chi connectivity index (χ2n) is 7.45. The lowest BCUT2D eigenvalue weighted by Crippen LogP contribution is -2.48.